The van der Waals surface area contributed by atoms with Gasteiger partial charge in [-0.2, -0.15) is 0 Å². The van der Waals surface area contributed by atoms with Gasteiger partial charge in [0.25, 0.3) is 0 Å². The molecule has 0 bridgehead atoms. The van der Waals surface area contributed by atoms with Crippen molar-refractivity contribution in [3.05, 3.63) is 28.5 Å². The van der Waals surface area contributed by atoms with Gasteiger partial charge in [0.1, 0.15) is 5.82 Å². The number of hydrogen-bond donors (Lipinski definition) is 1. The SMILES string of the molecule is CC1(NS(=O)(=O)c2ccc(F)cc2Br)CCC1. The lowest BCUT2D eigenvalue weighted by Crippen LogP contribution is -2.50. The molecular weight excluding hydrogens is 309 g/mol. The molecule has 94 valence electrons. The molecule has 0 unspecified atom stereocenters. The predicted molar refractivity (Wildman–Crippen MR) is 66.7 cm³/mol. The summed E-state index contributed by atoms with van der Waals surface area (Å²) in [5.74, 6) is -0.467. The Morgan fingerprint density at radius 2 is 2.06 bits per heavy atom. The van der Waals surface area contributed by atoms with Gasteiger partial charge < -0.3 is 0 Å². The molecule has 0 radical (unpaired) electrons. The third-order valence-electron chi connectivity index (χ3n) is 3.02. The molecule has 17 heavy (non-hydrogen) atoms. The van der Waals surface area contributed by atoms with Crippen LogP contribution in [0.4, 0.5) is 4.39 Å². The first kappa shape index (κ1) is 13.0. The van der Waals surface area contributed by atoms with Gasteiger partial charge in [0.2, 0.25) is 10.0 Å². The summed E-state index contributed by atoms with van der Waals surface area (Å²) in [6, 6.07) is 3.56. The summed E-state index contributed by atoms with van der Waals surface area (Å²) in [6.07, 6.45) is 2.71. The largest absolute Gasteiger partial charge is 0.242 e. The fourth-order valence-electron chi connectivity index (χ4n) is 1.88. The lowest BCUT2D eigenvalue weighted by Gasteiger charge is -2.38. The van der Waals surface area contributed by atoms with Gasteiger partial charge in [-0.3, -0.25) is 0 Å². The number of benzene rings is 1. The molecular formula is C11H13BrFNO2S. The maximum Gasteiger partial charge on any atom is 0.242 e. The molecule has 1 aliphatic rings. The summed E-state index contributed by atoms with van der Waals surface area (Å²) < 4.78 is 40.0. The minimum atomic E-state index is -3.59. The molecule has 1 aromatic rings. The normalized spacial score (nSPS) is 18.8. The van der Waals surface area contributed by atoms with Crippen LogP contribution in [-0.2, 0) is 10.0 Å². The molecule has 3 nitrogen and oxygen atoms in total. The van der Waals surface area contributed by atoms with Crippen molar-refractivity contribution in [1.29, 1.82) is 0 Å². The maximum atomic E-state index is 12.9. The lowest BCUT2D eigenvalue weighted by atomic mass is 9.80. The maximum absolute atomic E-state index is 12.9. The molecule has 0 aromatic heterocycles. The third kappa shape index (κ3) is 2.69. The fourth-order valence-corrected chi connectivity index (χ4v) is 4.40. The summed E-state index contributed by atoms with van der Waals surface area (Å²) in [4.78, 5) is 0.0759. The van der Waals surface area contributed by atoms with Crippen molar-refractivity contribution in [2.45, 2.75) is 36.6 Å². The molecule has 0 amide bonds. The Hall–Kier alpha value is -0.460. The highest BCUT2D eigenvalue weighted by molar-refractivity contribution is 9.10. The Morgan fingerprint density at radius 1 is 1.41 bits per heavy atom. The average Bonchev–Trinajstić information content (AvgIpc) is 2.13. The number of nitrogens with one attached hydrogen (secondary N) is 1. The second-order valence-corrected chi connectivity index (χ2v) is 7.10. The van der Waals surface area contributed by atoms with Crippen LogP contribution in [0.15, 0.2) is 27.6 Å². The van der Waals surface area contributed by atoms with Gasteiger partial charge in [-0.15, -0.1) is 0 Å². The quantitative estimate of drug-likeness (QED) is 0.930. The summed E-state index contributed by atoms with van der Waals surface area (Å²) in [6.45, 7) is 1.88. The fraction of sp³-hybridized carbons (Fsp3) is 0.455. The van der Waals surface area contributed by atoms with Crippen LogP contribution in [0, 0.1) is 5.82 Å². The van der Waals surface area contributed by atoms with Gasteiger partial charge >= 0.3 is 0 Å². The van der Waals surface area contributed by atoms with Crippen molar-refractivity contribution >= 4 is 26.0 Å². The molecule has 0 spiro atoms. The zero-order valence-electron chi connectivity index (χ0n) is 9.33. The van der Waals surface area contributed by atoms with E-state index in [-0.39, 0.29) is 14.9 Å². The van der Waals surface area contributed by atoms with Crippen LogP contribution in [0.5, 0.6) is 0 Å². The van der Waals surface area contributed by atoms with Crippen molar-refractivity contribution < 1.29 is 12.8 Å². The molecule has 1 aromatic carbocycles. The highest BCUT2D eigenvalue weighted by Gasteiger charge is 2.36. The molecule has 1 fully saturated rings. The van der Waals surface area contributed by atoms with E-state index < -0.39 is 15.8 Å². The van der Waals surface area contributed by atoms with Crippen LogP contribution < -0.4 is 4.72 Å². The Bertz CT molecular complexity index is 540. The Balaban J connectivity index is 2.31. The molecule has 6 heteroatoms. The average molecular weight is 322 g/mol. The summed E-state index contributed by atoms with van der Waals surface area (Å²) in [5.41, 5.74) is -0.355. The van der Waals surface area contributed by atoms with E-state index >= 15 is 0 Å². The molecule has 2 rings (SSSR count). The number of rotatable bonds is 3. The van der Waals surface area contributed by atoms with E-state index in [1.807, 2.05) is 6.92 Å². The first-order chi connectivity index (χ1) is 7.82. The number of halogens is 2. The van der Waals surface area contributed by atoms with Crippen LogP contribution in [0.3, 0.4) is 0 Å². The second kappa shape index (κ2) is 4.33. The highest BCUT2D eigenvalue weighted by atomic mass is 79.9. The van der Waals surface area contributed by atoms with E-state index in [9.17, 15) is 12.8 Å². The van der Waals surface area contributed by atoms with Crippen molar-refractivity contribution in [2.75, 3.05) is 0 Å². The molecule has 1 saturated carbocycles. The number of hydrogen-bond acceptors (Lipinski definition) is 2. The van der Waals surface area contributed by atoms with Gasteiger partial charge in [-0.25, -0.2) is 17.5 Å². The minimum absolute atomic E-state index is 0.0759. The van der Waals surface area contributed by atoms with E-state index in [0.29, 0.717) is 0 Å². The first-order valence-electron chi connectivity index (χ1n) is 5.31. The van der Waals surface area contributed by atoms with E-state index in [0.717, 1.165) is 31.4 Å². The van der Waals surface area contributed by atoms with Gasteiger partial charge in [0, 0.05) is 10.0 Å². The second-order valence-electron chi connectivity index (χ2n) is 4.59. The van der Waals surface area contributed by atoms with Crippen molar-refractivity contribution in [1.82, 2.24) is 4.72 Å². The van der Waals surface area contributed by atoms with Gasteiger partial charge in [0.05, 0.1) is 4.90 Å². The zero-order chi connectivity index (χ0) is 12.7. The molecule has 1 N–H and O–H groups in total. The Labute approximate surface area is 109 Å². The Kier molecular flexibility index (Phi) is 3.31. The first-order valence-corrected chi connectivity index (χ1v) is 7.59. The highest BCUT2D eigenvalue weighted by Crippen LogP contribution is 2.33. The van der Waals surface area contributed by atoms with Crippen molar-refractivity contribution in [3.63, 3.8) is 0 Å². The predicted octanol–water partition coefficient (Wildman–Crippen LogP) is 2.81. The number of sulfonamides is 1. The van der Waals surface area contributed by atoms with Crippen LogP contribution in [-0.4, -0.2) is 14.0 Å². The van der Waals surface area contributed by atoms with E-state index in [2.05, 4.69) is 20.7 Å². The monoisotopic (exact) mass is 321 g/mol. The summed E-state index contributed by atoms with van der Waals surface area (Å²) in [7, 11) is -3.59. The minimum Gasteiger partial charge on any atom is -0.207 e. The van der Waals surface area contributed by atoms with Crippen LogP contribution in [0.1, 0.15) is 26.2 Å². The van der Waals surface area contributed by atoms with Gasteiger partial charge in [-0.05, 0) is 60.3 Å². The van der Waals surface area contributed by atoms with Crippen molar-refractivity contribution in [3.8, 4) is 0 Å². The topological polar surface area (TPSA) is 46.2 Å². The summed E-state index contributed by atoms with van der Waals surface area (Å²) in [5, 5.41) is 0. The van der Waals surface area contributed by atoms with Crippen molar-refractivity contribution in [2.24, 2.45) is 0 Å². The summed E-state index contributed by atoms with van der Waals surface area (Å²) >= 11 is 3.07. The van der Waals surface area contributed by atoms with Gasteiger partial charge in [-0.1, -0.05) is 0 Å². The lowest BCUT2D eigenvalue weighted by molar-refractivity contribution is 0.248. The van der Waals surface area contributed by atoms with Crippen LogP contribution in [0.2, 0.25) is 0 Å². The van der Waals surface area contributed by atoms with E-state index in [1.165, 1.54) is 6.07 Å². The van der Waals surface area contributed by atoms with E-state index in [1.54, 1.807) is 0 Å². The third-order valence-corrected chi connectivity index (χ3v) is 5.64. The van der Waals surface area contributed by atoms with Gasteiger partial charge in [0.15, 0.2) is 0 Å². The molecule has 0 atom stereocenters. The standard InChI is InChI=1S/C11H13BrFNO2S/c1-11(5-2-6-11)14-17(15,16)10-4-3-8(13)7-9(10)12/h3-4,7,14H,2,5-6H2,1H3. The zero-order valence-corrected chi connectivity index (χ0v) is 11.7. The van der Waals surface area contributed by atoms with Crippen LogP contribution in [0.25, 0.3) is 0 Å². The Morgan fingerprint density at radius 3 is 2.53 bits per heavy atom. The van der Waals surface area contributed by atoms with Crippen LogP contribution >= 0.6 is 15.9 Å². The molecule has 0 saturated heterocycles. The molecule has 0 heterocycles. The van der Waals surface area contributed by atoms with E-state index in [4.69, 9.17) is 0 Å². The molecule has 0 aliphatic heterocycles. The smallest absolute Gasteiger partial charge is 0.207 e. The molecule has 1 aliphatic carbocycles.